The summed E-state index contributed by atoms with van der Waals surface area (Å²) in [6.45, 7) is 2.97. The zero-order valence-electron chi connectivity index (χ0n) is 18.0. The van der Waals surface area contributed by atoms with Crippen molar-refractivity contribution in [1.29, 1.82) is 0 Å². The van der Waals surface area contributed by atoms with E-state index in [1.54, 1.807) is 23.9 Å². The van der Waals surface area contributed by atoms with E-state index in [9.17, 15) is 9.18 Å². The van der Waals surface area contributed by atoms with Gasteiger partial charge in [0.15, 0.2) is 5.96 Å². The highest BCUT2D eigenvalue weighted by Crippen LogP contribution is 2.25. The van der Waals surface area contributed by atoms with E-state index in [4.69, 9.17) is 4.74 Å². The van der Waals surface area contributed by atoms with Gasteiger partial charge in [0, 0.05) is 32.3 Å². The first-order valence-corrected chi connectivity index (χ1v) is 10.5. The minimum atomic E-state index is -0.261. The molecule has 1 aliphatic rings. The van der Waals surface area contributed by atoms with Crippen molar-refractivity contribution >= 4 is 35.9 Å². The number of hydrogen-bond donors (Lipinski definition) is 2. The standard InChI is InChI=1S/C22H30FN5O2.HI/c1-3-30-21(29)16-4-8-18(9-5-16)26-22(24-2)25-14-12-19-13-15-28(27-19)20-10-6-17(23)7-11-20;/h6-7,10-11,13,15-16,18H,3-5,8-9,12,14H2,1-2H3,(H2,24,25,26);1H. The van der Waals surface area contributed by atoms with Crippen molar-refractivity contribution in [3.8, 4) is 5.69 Å². The molecule has 1 saturated carbocycles. The lowest BCUT2D eigenvalue weighted by atomic mass is 9.86. The van der Waals surface area contributed by atoms with E-state index in [2.05, 4.69) is 20.7 Å². The molecule has 9 heteroatoms. The summed E-state index contributed by atoms with van der Waals surface area (Å²) >= 11 is 0. The van der Waals surface area contributed by atoms with Crippen LogP contribution in [-0.2, 0) is 16.0 Å². The quantitative estimate of drug-likeness (QED) is 0.242. The fourth-order valence-corrected chi connectivity index (χ4v) is 3.66. The first-order chi connectivity index (χ1) is 14.6. The van der Waals surface area contributed by atoms with E-state index in [0.29, 0.717) is 19.2 Å². The van der Waals surface area contributed by atoms with Crippen LogP contribution in [0.4, 0.5) is 4.39 Å². The first kappa shape index (κ1) is 25.1. The van der Waals surface area contributed by atoms with Crippen LogP contribution in [0.25, 0.3) is 5.69 Å². The Morgan fingerprint density at radius 3 is 2.58 bits per heavy atom. The molecule has 0 radical (unpaired) electrons. The van der Waals surface area contributed by atoms with Gasteiger partial charge in [-0.2, -0.15) is 5.10 Å². The second kappa shape index (κ2) is 12.6. The SMILES string of the molecule is CCOC(=O)C1CCC(NC(=NC)NCCc2ccn(-c3ccc(F)cc3)n2)CC1.I. The van der Waals surface area contributed by atoms with Crippen molar-refractivity contribution in [3.63, 3.8) is 0 Å². The van der Waals surface area contributed by atoms with Crippen molar-refractivity contribution in [3.05, 3.63) is 48.0 Å². The van der Waals surface area contributed by atoms with Crippen LogP contribution in [-0.4, -0.2) is 48.0 Å². The molecule has 0 saturated heterocycles. The lowest BCUT2D eigenvalue weighted by Crippen LogP contribution is -2.45. The lowest BCUT2D eigenvalue weighted by molar-refractivity contribution is -0.149. The molecule has 1 aromatic heterocycles. The van der Waals surface area contributed by atoms with Crippen LogP contribution >= 0.6 is 24.0 Å². The number of nitrogens with zero attached hydrogens (tertiary/aromatic N) is 3. The number of carbonyl (C=O) groups is 1. The Kier molecular flexibility index (Phi) is 10.2. The van der Waals surface area contributed by atoms with Gasteiger partial charge < -0.3 is 15.4 Å². The maximum absolute atomic E-state index is 13.1. The van der Waals surface area contributed by atoms with Gasteiger partial charge in [0.2, 0.25) is 0 Å². The normalized spacial score (nSPS) is 18.7. The van der Waals surface area contributed by atoms with Gasteiger partial charge in [-0.1, -0.05) is 0 Å². The molecule has 0 spiro atoms. The monoisotopic (exact) mass is 543 g/mol. The summed E-state index contributed by atoms with van der Waals surface area (Å²) in [5, 5.41) is 11.3. The molecule has 0 unspecified atom stereocenters. The van der Waals surface area contributed by atoms with Gasteiger partial charge in [-0.25, -0.2) is 9.07 Å². The predicted molar refractivity (Wildman–Crippen MR) is 130 cm³/mol. The number of rotatable bonds is 7. The Hall–Kier alpha value is -2.17. The van der Waals surface area contributed by atoms with Crippen LogP contribution in [0, 0.1) is 11.7 Å². The molecule has 0 amide bonds. The average Bonchev–Trinajstić information content (AvgIpc) is 3.23. The van der Waals surface area contributed by atoms with E-state index in [0.717, 1.165) is 49.4 Å². The predicted octanol–water partition coefficient (Wildman–Crippen LogP) is 3.46. The van der Waals surface area contributed by atoms with Crippen molar-refractivity contribution in [2.75, 3.05) is 20.2 Å². The molecular weight excluding hydrogens is 512 g/mol. The highest BCUT2D eigenvalue weighted by molar-refractivity contribution is 14.0. The van der Waals surface area contributed by atoms with Gasteiger partial charge in [-0.3, -0.25) is 9.79 Å². The van der Waals surface area contributed by atoms with Crippen LogP contribution in [0.15, 0.2) is 41.5 Å². The van der Waals surface area contributed by atoms with Crippen LogP contribution in [0.5, 0.6) is 0 Å². The lowest BCUT2D eigenvalue weighted by Gasteiger charge is -2.29. The Balaban J connectivity index is 0.00000341. The smallest absolute Gasteiger partial charge is 0.308 e. The second-order valence-corrected chi connectivity index (χ2v) is 7.42. The Morgan fingerprint density at radius 1 is 1.23 bits per heavy atom. The van der Waals surface area contributed by atoms with Gasteiger partial charge in [-0.05, 0) is 62.9 Å². The molecule has 7 nitrogen and oxygen atoms in total. The van der Waals surface area contributed by atoms with E-state index in [1.165, 1.54) is 12.1 Å². The molecule has 170 valence electrons. The third-order valence-electron chi connectivity index (χ3n) is 5.32. The van der Waals surface area contributed by atoms with Crippen molar-refractivity contribution in [2.45, 2.75) is 45.1 Å². The summed E-state index contributed by atoms with van der Waals surface area (Å²) in [6.07, 6.45) is 6.14. The topological polar surface area (TPSA) is 80.5 Å². The number of esters is 1. The van der Waals surface area contributed by atoms with Crippen LogP contribution in [0.2, 0.25) is 0 Å². The highest BCUT2D eigenvalue weighted by Gasteiger charge is 2.27. The largest absolute Gasteiger partial charge is 0.466 e. The molecule has 0 bridgehead atoms. The third kappa shape index (κ3) is 7.48. The third-order valence-corrected chi connectivity index (χ3v) is 5.32. The molecule has 3 rings (SSSR count). The van der Waals surface area contributed by atoms with Gasteiger partial charge in [0.1, 0.15) is 5.82 Å². The summed E-state index contributed by atoms with van der Waals surface area (Å²) < 4.78 is 19.9. The number of nitrogens with one attached hydrogen (secondary N) is 2. The van der Waals surface area contributed by atoms with Gasteiger partial charge >= 0.3 is 5.97 Å². The number of ether oxygens (including phenoxy) is 1. The fraction of sp³-hybridized carbons (Fsp3) is 0.500. The zero-order chi connectivity index (χ0) is 21.3. The van der Waals surface area contributed by atoms with Crippen molar-refractivity contribution in [1.82, 2.24) is 20.4 Å². The Bertz CT molecular complexity index is 848. The number of carbonyl (C=O) groups excluding carboxylic acids is 1. The summed E-state index contributed by atoms with van der Waals surface area (Å²) in [5.74, 6) is 0.448. The summed E-state index contributed by atoms with van der Waals surface area (Å²) in [6, 6.07) is 8.51. The first-order valence-electron chi connectivity index (χ1n) is 10.5. The van der Waals surface area contributed by atoms with Crippen LogP contribution in [0.3, 0.4) is 0 Å². The Morgan fingerprint density at radius 2 is 1.94 bits per heavy atom. The fourth-order valence-electron chi connectivity index (χ4n) is 3.66. The van der Waals surface area contributed by atoms with E-state index >= 15 is 0 Å². The maximum Gasteiger partial charge on any atom is 0.308 e. The second-order valence-electron chi connectivity index (χ2n) is 7.42. The molecular formula is C22H31FIN5O2. The summed E-state index contributed by atoms with van der Waals surface area (Å²) in [7, 11) is 1.75. The van der Waals surface area contributed by atoms with E-state index in [1.807, 2.05) is 19.2 Å². The molecule has 31 heavy (non-hydrogen) atoms. The molecule has 2 N–H and O–H groups in total. The van der Waals surface area contributed by atoms with E-state index in [-0.39, 0.29) is 41.7 Å². The number of aliphatic imine (C=N–C) groups is 1. The number of halogens is 2. The molecule has 0 atom stereocenters. The molecule has 0 aliphatic heterocycles. The van der Waals surface area contributed by atoms with Crippen molar-refractivity contribution < 1.29 is 13.9 Å². The number of hydrogen-bond acceptors (Lipinski definition) is 4. The van der Waals surface area contributed by atoms with Crippen molar-refractivity contribution in [2.24, 2.45) is 10.9 Å². The van der Waals surface area contributed by atoms with Gasteiger partial charge in [0.25, 0.3) is 0 Å². The molecule has 1 heterocycles. The zero-order valence-corrected chi connectivity index (χ0v) is 20.3. The molecule has 1 aromatic carbocycles. The minimum Gasteiger partial charge on any atom is -0.466 e. The summed E-state index contributed by atoms with van der Waals surface area (Å²) in [5.41, 5.74) is 1.77. The van der Waals surface area contributed by atoms with E-state index < -0.39 is 0 Å². The maximum atomic E-state index is 13.1. The van der Waals surface area contributed by atoms with Gasteiger partial charge in [0.05, 0.1) is 23.9 Å². The average molecular weight is 543 g/mol. The van der Waals surface area contributed by atoms with Crippen LogP contribution in [0.1, 0.15) is 38.3 Å². The number of guanidine groups is 1. The minimum absolute atomic E-state index is 0. The Labute approximate surface area is 199 Å². The molecule has 1 aliphatic carbocycles. The molecule has 1 fully saturated rings. The molecule has 2 aromatic rings. The van der Waals surface area contributed by atoms with Gasteiger partial charge in [-0.15, -0.1) is 24.0 Å². The highest BCUT2D eigenvalue weighted by atomic mass is 127. The number of aromatic nitrogens is 2. The van der Waals surface area contributed by atoms with Crippen LogP contribution < -0.4 is 10.6 Å². The summed E-state index contributed by atoms with van der Waals surface area (Å²) in [4.78, 5) is 16.2. The number of benzene rings is 1.